The summed E-state index contributed by atoms with van der Waals surface area (Å²) in [5.41, 5.74) is 2.46. The van der Waals surface area contributed by atoms with E-state index in [0.717, 1.165) is 21.8 Å². The Morgan fingerprint density at radius 1 is 1.27 bits per heavy atom. The number of aromatic nitrogens is 3. The first-order valence-electron chi connectivity index (χ1n) is 8.18. The van der Waals surface area contributed by atoms with E-state index in [1.54, 1.807) is 23.8 Å². The van der Waals surface area contributed by atoms with Crippen molar-refractivity contribution >= 4 is 34.8 Å². The topological polar surface area (TPSA) is 65.7 Å². The lowest BCUT2D eigenvalue weighted by atomic mass is 10.1. The van der Waals surface area contributed by atoms with E-state index < -0.39 is 0 Å². The number of ether oxygens (including phenoxy) is 2. The van der Waals surface area contributed by atoms with Crippen molar-refractivity contribution in [2.45, 2.75) is 18.9 Å². The van der Waals surface area contributed by atoms with Crippen LogP contribution in [0.25, 0.3) is 16.8 Å². The number of rotatable bonds is 7. The highest BCUT2D eigenvalue weighted by atomic mass is 35.5. The molecule has 1 aromatic carbocycles. The Kier molecular flexibility index (Phi) is 6.00. The van der Waals surface area contributed by atoms with Gasteiger partial charge in [0.15, 0.2) is 0 Å². The molecule has 2 aromatic heterocycles. The molecule has 0 bridgehead atoms. The first kappa shape index (κ1) is 18.5. The number of thioether (sulfide) groups is 1. The number of carbonyl (C=O) groups is 1. The molecule has 0 radical (unpaired) electrons. The van der Waals surface area contributed by atoms with Crippen molar-refractivity contribution < 1.29 is 14.3 Å². The molecular formula is C18H18ClN3O3S. The fraction of sp³-hybridized carbons (Fsp3) is 0.278. The lowest BCUT2D eigenvalue weighted by Gasteiger charge is -2.06. The van der Waals surface area contributed by atoms with Gasteiger partial charge in [-0.25, -0.2) is 9.50 Å². The molecule has 0 aliphatic rings. The molecule has 3 rings (SSSR count). The average Bonchev–Trinajstić information content (AvgIpc) is 3.07. The van der Waals surface area contributed by atoms with Crippen LogP contribution in [-0.4, -0.2) is 39.5 Å². The molecule has 0 spiro atoms. The summed E-state index contributed by atoms with van der Waals surface area (Å²) >= 11 is 7.60. The molecule has 0 amide bonds. The molecule has 2 heterocycles. The van der Waals surface area contributed by atoms with Gasteiger partial charge in [-0.2, -0.15) is 5.10 Å². The summed E-state index contributed by atoms with van der Waals surface area (Å²) in [6, 6.07) is 7.50. The van der Waals surface area contributed by atoms with Crippen molar-refractivity contribution in [2.24, 2.45) is 0 Å². The Bertz CT molecular complexity index is 929. The zero-order chi connectivity index (χ0) is 18.5. The maximum absolute atomic E-state index is 11.6. The van der Waals surface area contributed by atoms with Gasteiger partial charge in [0.1, 0.15) is 10.8 Å². The van der Waals surface area contributed by atoms with Gasteiger partial charge in [0.25, 0.3) is 0 Å². The van der Waals surface area contributed by atoms with Crippen molar-refractivity contribution in [3.63, 3.8) is 0 Å². The maximum atomic E-state index is 11.6. The molecule has 6 nitrogen and oxygen atoms in total. The van der Waals surface area contributed by atoms with Crippen molar-refractivity contribution in [2.75, 3.05) is 19.0 Å². The normalized spacial score (nSPS) is 10.9. The summed E-state index contributed by atoms with van der Waals surface area (Å²) in [6.45, 7) is 4.62. The lowest BCUT2D eigenvalue weighted by Crippen LogP contribution is -2.06. The van der Waals surface area contributed by atoms with Crippen LogP contribution in [0.4, 0.5) is 0 Å². The fourth-order valence-corrected chi connectivity index (χ4v) is 3.42. The summed E-state index contributed by atoms with van der Waals surface area (Å²) in [5.74, 6) is 0.587. The first-order valence-corrected chi connectivity index (χ1v) is 9.54. The van der Waals surface area contributed by atoms with Crippen molar-refractivity contribution in [3.8, 4) is 17.0 Å². The number of fused-ring (bicyclic) bond motifs is 1. The number of carbonyl (C=O) groups excluding carboxylic acids is 1. The van der Waals surface area contributed by atoms with Gasteiger partial charge in [-0.3, -0.25) is 4.79 Å². The Balaban J connectivity index is 1.88. The van der Waals surface area contributed by atoms with E-state index in [2.05, 4.69) is 10.1 Å². The molecule has 8 heteroatoms. The van der Waals surface area contributed by atoms with Gasteiger partial charge in [-0.15, -0.1) is 0 Å². The van der Waals surface area contributed by atoms with Crippen LogP contribution >= 0.6 is 23.4 Å². The van der Waals surface area contributed by atoms with E-state index in [-0.39, 0.29) is 11.7 Å². The van der Waals surface area contributed by atoms with E-state index in [1.807, 2.05) is 31.2 Å². The highest BCUT2D eigenvalue weighted by Crippen LogP contribution is 2.31. The zero-order valence-electron chi connectivity index (χ0n) is 14.4. The first-order chi connectivity index (χ1) is 12.6. The van der Waals surface area contributed by atoms with Gasteiger partial charge in [-0.05, 0) is 38.1 Å². The van der Waals surface area contributed by atoms with Crippen LogP contribution in [0, 0.1) is 0 Å². The second kappa shape index (κ2) is 8.42. The van der Waals surface area contributed by atoms with Gasteiger partial charge in [0.2, 0.25) is 0 Å². The monoisotopic (exact) mass is 391 g/mol. The molecule has 136 valence electrons. The van der Waals surface area contributed by atoms with Gasteiger partial charge in [0.05, 0.1) is 35.2 Å². The SMILES string of the molecule is CCOC(=O)CSc1nccn2nc(-c3ccc(OCC)c(Cl)c3)cc12. The summed E-state index contributed by atoms with van der Waals surface area (Å²) in [5, 5.41) is 5.83. The molecule has 0 aliphatic heterocycles. The number of halogens is 1. The highest BCUT2D eigenvalue weighted by Gasteiger charge is 2.13. The van der Waals surface area contributed by atoms with Crippen LogP contribution in [0.1, 0.15) is 13.8 Å². The Labute approximate surface area is 160 Å². The molecule has 3 aromatic rings. The van der Waals surface area contributed by atoms with E-state index in [4.69, 9.17) is 21.1 Å². The maximum Gasteiger partial charge on any atom is 0.316 e. The van der Waals surface area contributed by atoms with E-state index >= 15 is 0 Å². The van der Waals surface area contributed by atoms with E-state index in [1.165, 1.54) is 11.8 Å². The van der Waals surface area contributed by atoms with Crippen LogP contribution < -0.4 is 4.74 Å². The molecule has 26 heavy (non-hydrogen) atoms. The minimum atomic E-state index is -0.265. The Morgan fingerprint density at radius 2 is 2.12 bits per heavy atom. The molecule has 0 N–H and O–H groups in total. The fourth-order valence-electron chi connectivity index (χ4n) is 2.41. The summed E-state index contributed by atoms with van der Waals surface area (Å²) < 4.78 is 12.2. The third-order valence-electron chi connectivity index (χ3n) is 3.51. The molecular weight excluding hydrogens is 374 g/mol. The quantitative estimate of drug-likeness (QED) is 0.446. The van der Waals surface area contributed by atoms with Crippen LogP contribution in [0.15, 0.2) is 41.7 Å². The number of nitrogens with zero attached hydrogens (tertiary/aromatic N) is 3. The number of esters is 1. The van der Waals surface area contributed by atoms with Crippen LogP contribution in [0.5, 0.6) is 5.75 Å². The van der Waals surface area contributed by atoms with E-state index in [9.17, 15) is 4.79 Å². The van der Waals surface area contributed by atoms with Gasteiger partial charge in [0, 0.05) is 18.0 Å². The molecule has 0 atom stereocenters. The molecule has 0 saturated carbocycles. The zero-order valence-corrected chi connectivity index (χ0v) is 16.0. The summed E-state index contributed by atoms with van der Waals surface area (Å²) in [7, 11) is 0. The smallest absolute Gasteiger partial charge is 0.316 e. The lowest BCUT2D eigenvalue weighted by molar-refractivity contribution is -0.139. The Hall–Kier alpha value is -2.25. The molecule has 0 saturated heterocycles. The molecule has 0 fully saturated rings. The average molecular weight is 392 g/mol. The van der Waals surface area contributed by atoms with Crippen LogP contribution in [-0.2, 0) is 9.53 Å². The second-order valence-electron chi connectivity index (χ2n) is 5.26. The standard InChI is InChI=1S/C18H18ClN3O3S/c1-3-24-16-6-5-12(9-13(16)19)14-10-15-18(20-7-8-22(15)21-14)26-11-17(23)25-4-2/h5-10H,3-4,11H2,1-2H3. The predicted molar refractivity (Wildman–Crippen MR) is 102 cm³/mol. The predicted octanol–water partition coefficient (Wildman–Crippen LogP) is 4.10. The summed E-state index contributed by atoms with van der Waals surface area (Å²) in [4.78, 5) is 15.9. The van der Waals surface area contributed by atoms with Gasteiger partial charge in [-0.1, -0.05) is 23.4 Å². The minimum absolute atomic E-state index is 0.204. The Morgan fingerprint density at radius 3 is 2.85 bits per heavy atom. The van der Waals surface area contributed by atoms with Crippen LogP contribution in [0.2, 0.25) is 5.02 Å². The van der Waals surface area contributed by atoms with Gasteiger partial charge >= 0.3 is 5.97 Å². The second-order valence-corrected chi connectivity index (χ2v) is 6.63. The van der Waals surface area contributed by atoms with Gasteiger partial charge < -0.3 is 9.47 Å². The number of hydrogen-bond acceptors (Lipinski definition) is 6. The minimum Gasteiger partial charge on any atom is -0.492 e. The third kappa shape index (κ3) is 4.11. The molecule has 0 unspecified atom stereocenters. The summed E-state index contributed by atoms with van der Waals surface area (Å²) in [6.07, 6.45) is 3.42. The van der Waals surface area contributed by atoms with E-state index in [0.29, 0.717) is 24.0 Å². The highest BCUT2D eigenvalue weighted by molar-refractivity contribution is 8.00. The molecule has 0 aliphatic carbocycles. The number of benzene rings is 1. The van der Waals surface area contributed by atoms with Crippen molar-refractivity contribution in [3.05, 3.63) is 41.7 Å². The van der Waals surface area contributed by atoms with Crippen LogP contribution in [0.3, 0.4) is 0 Å². The van der Waals surface area contributed by atoms with Crippen molar-refractivity contribution in [1.82, 2.24) is 14.6 Å². The number of hydrogen-bond donors (Lipinski definition) is 0. The third-order valence-corrected chi connectivity index (χ3v) is 4.78. The van der Waals surface area contributed by atoms with Crippen molar-refractivity contribution in [1.29, 1.82) is 0 Å². The largest absolute Gasteiger partial charge is 0.492 e.